The van der Waals surface area contributed by atoms with Gasteiger partial charge in [-0.1, -0.05) is 25.1 Å². The van der Waals surface area contributed by atoms with Gasteiger partial charge in [-0.3, -0.25) is 4.79 Å². The third-order valence-electron chi connectivity index (χ3n) is 5.84. The Labute approximate surface area is 161 Å². The van der Waals surface area contributed by atoms with Crippen molar-refractivity contribution in [3.8, 4) is 5.75 Å². The van der Waals surface area contributed by atoms with Crippen LogP contribution < -0.4 is 15.4 Å². The van der Waals surface area contributed by atoms with Gasteiger partial charge >= 0.3 is 6.03 Å². The van der Waals surface area contributed by atoms with E-state index >= 15 is 0 Å². The summed E-state index contributed by atoms with van der Waals surface area (Å²) < 4.78 is 5.82. The molecule has 1 aromatic rings. The number of piperidine rings is 2. The summed E-state index contributed by atoms with van der Waals surface area (Å²) in [7, 11) is 0. The highest BCUT2D eigenvalue weighted by molar-refractivity contribution is 5.77. The minimum absolute atomic E-state index is 0.0255. The van der Waals surface area contributed by atoms with Crippen molar-refractivity contribution in [2.75, 3.05) is 26.2 Å². The van der Waals surface area contributed by atoms with Crippen molar-refractivity contribution in [3.63, 3.8) is 0 Å². The predicted molar refractivity (Wildman–Crippen MR) is 105 cm³/mol. The molecule has 3 rings (SSSR count). The number of hydrogen-bond donors (Lipinski definition) is 2. The lowest BCUT2D eigenvalue weighted by Gasteiger charge is -2.44. The van der Waals surface area contributed by atoms with Crippen molar-refractivity contribution < 1.29 is 14.3 Å². The summed E-state index contributed by atoms with van der Waals surface area (Å²) >= 11 is 0. The molecule has 0 aliphatic carbocycles. The molecule has 3 amide bonds. The van der Waals surface area contributed by atoms with E-state index in [1.807, 2.05) is 36.1 Å². The van der Waals surface area contributed by atoms with Crippen molar-refractivity contribution in [2.45, 2.75) is 52.0 Å². The van der Waals surface area contributed by atoms with Crippen LogP contribution in [-0.4, -0.2) is 43.1 Å². The van der Waals surface area contributed by atoms with Gasteiger partial charge in [-0.15, -0.1) is 0 Å². The number of rotatable bonds is 5. The molecule has 0 radical (unpaired) electrons. The lowest BCUT2D eigenvalue weighted by atomic mass is 9.73. The molecule has 0 aromatic heterocycles. The molecule has 1 spiro atoms. The van der Waals surface area contributed by atoms with Gasteiger partial charge in [-0.2, -0.15) is 0 Å². The van der Waals surface area contributed by atoms with E-state index in [0.29, 0.717) is 13.0 Å². The molecule has 27 heavy (non-hydrogen) atoms. The zero-order valence-corrected chi connectivity index (χ0v) is 16.4. The number of carbonyl (C=O) groups excluding carboxylic acids is 2. The van der Waals surface area contributed by atoms with E-state index in [1.54, 1.807) is 0 Å². The monoisotopic (exact) mass is 373 g/mol. The van der Waals surface area contributed by atoms with E-state index in [9.17, 15) is 9.59 Å². The smallest absolute Gasteiger partial charge is 0.317 e. The Morgan fingerprint density at radius 2 is 2.04 bits per heavy atom. The molecule has 6 heteroatoms. The first kappa shape index (κ1) is 19.5. The summed E-state index contributed by atoms with van der Waals surface area (Å²) in [6.45, 7) is 6.97. The van der Waals surface area contributed by atoms with Crippen LogP contribution in [0.25, 0.3) is 0 Å². The molecule has 2 fully saturated rings. The molecule has 2 N–H and O–H groups in total. The zero-order chi connectivity index (χ0) is 19.3. The highest BCUT2D eigenvalue weighted by atomic mass is 16.5. The second-order valence-corrected chi connectivity index (χ2v) is 7.82. The number of benzene rings is 1. The average Bonchev–Trinajstić information content (AvgIpc) is 2.69. The lowest BCUT2D eigenvalue weighted by Crippen LogP contribution is -2.52. The van der Waals surface area contributed by atoms with Gasteiger partial charge < -0.3 is 20.3 Å². The largest absolute Gasteiger partial charge is 0.493 e. The predicted octanol–water partition coefficient (Wildman–Crippen LogP) is 3.24. The Kier molecular flexibility index (Phi) is 6.24. The quantitative estimate of drug-likeness (QED) is 0.832. The summed E-state index contributed by atoms with van der Waals surface area (Å²) in [6.07, 6.45) is 4.40. The van der Waals surface area contributed by atoms with E-state index in [2.05, 4.69) is 17.6 Å². The Balaban J connectivity index is 1.54. The molecule has 148 valence electrons. The fourth-order valence-corrected chi connectivity index (χ4v) is 3.99. The van der Waals surface area contributed by atoms with E-state index in [-0.39, 0.29) is 23.4 Å². The maximum Gasteiger partial charge on any atom is 0.317 e. The third-order valence-corrected chi connectivity index (χ3v) is 5.84. The number of carbonyl (C=O) groups is 2. The van der Waals surface area contributed by atoms with Crippen molar-refractivity contribution >= 4 is 11.9 Å². The number of para-hydroxylation sites is 1. The normalized spacial score (nSPS) is 20.1. The average molecular weight is 373 g/mol. The first-order valence-electron chi connectivity index (χ1n) is 10.1. The van der Waals surface area contributed by atoms with Crippen molar-refractivity contribution in [1.29, 1.82) is 0 Å². The van der Waals surface area contributed by atoms with Gasteiger partial charge in [0.1, 0.15) is 5.75 Å². The van der Waals surface area contributed by atoms with Crippen molar-refractivity contribution in [1.82, 2.24) is 15.5 Å². The van der Waals surface area contributed by atoms with Crippen LogP contribution in [0.1, 0.15) is 57.6 Å². The first-order chi connectivity index (χ1) is 13.0. The number of amides is 3. The summed E-state index contributed by atoms with van der Waals surface area (Å²) in [6, 6.07) is 7.74. The second kappa shape index (κ2) is 8.63. The standard InChI is InChI=1S/C21H31N3O3/c1-3-14-27-18-7-5-4-6-17(18)16(2)23-20(26)24-12-10-21(11-13-24)9-8-19(25)22-15-21/h4-7,16H,3,8-15H2,1-2H3,(H,22,25)(H,23,26). The van der Waals surface area contributed by atoms with Gasteiger partial charge in [-0.05, 0) is 44.1 Å². The van der Waals surface area contributed by atoms with Gasteiger partial charge in [-0.25, -0.2) is 4.79 Å². The molecule has 1 aromatic carbocycles. The van der Waals surface area contributed by atoms with E-state index in [1.165, 1.54) is 0 Å². The number of urea groups is 1. The van der Waals surface area contributed by atoms with Crippen molar-refractivity contribution in [3.05, 3.63) is 29.8 Å². The van der Waals surface area contributed by atoms with Crippen LogP contribution in [0, 0.1) is 5.41 Å². The maximum absolute atomic E-state index is 12.7. The Morgan fingerprint density at radius 1 is 1.30 bits per heavy atom. The van der Waals surface area contributed by atoms with Crippen LogP contribution in [0.3, 0.4) is 0 Å². The van der Waals surface area contributed by atoms with Crippen LogP contribution in [0.2, 0.25) is 0 Å². The number of nitrogens with zero attached hydrogens (tertiary/aromatic N) is 1. The SMILES string of the molecule is CCCOc1ccccc1C(C)NC(=O)N1CCC2(CCC(=O)NC2)CC1. The van der Waals surface area contributed by atoms with Crippen LogP contribution in [-0.2, 0) is 4.79 Å². The Morgan fingerprint density at radius 3 is 2.70 bits per heavy atom. The molecule has 2 aliphatic heterocycles. The summed E-state index contributed by atoms with van der Waals surface area (Å²) in [5.74, 6) is 0.987. The summed E-state index contributed by atoms with van der Waals surface area (Å²) in [5.41, 5.74) is 1.18. The number of hydrogen-bond acceptors (Lipinski definition) is 3. The zero-order valence-electron chi connectivity index (χ0n) is 16.4. The summed E-state index contributed by atoms with van der Waals surface area (Å²) in [5, 5.41) is 6.11. The minimum Gasteiger partial charge on any atom is -0.493 e. The van der Waals surface area contributed by atoms with Gasteiger partial charge in [0.2, 0.25) is 5.91 Å². The van der Waals surface area contributed by atoms with Crippen LogP contribution >= 0.6 is 0 Å². The molecular formula is C21H31N3O3. The number of ether oxygens (including phenoxy) is 1. The van der Waals surface area contributed by atoms with Crippen LogP contribution in [0.15, 0.2) is 24.3 Å². The highest BCUT2D eigenvalue weighted by Crippen LogP contribution is 2.37. The molecular weight excluding hydrogens is 342 g/mol. The molecule has 1 unspecified atom stereocenters. The fourth-order valence-electron chi connectivity index (χ4n) is 3.99. The first-order valence-corrected chi connectivity index (χ1v) is 10.1. The van der Waals surface area contributed by atoms with Crippen LogP contribution in [0.4, 0.5) is 4.79 Å². The molecule has 1 atom stereocenters. The number of nitrogens with one attached hydrogen (secondary N) is 2. The van der Waals surface area contributed by atoms with Gasteiger partial charge in [0.15, 0.2) is 0 Å². The van der Waals surface area contributed by atoms with E-state index < -0.39 is 0 Å². The van der Waals surface area contributed by atoms with Gasteiger partial charge in [0.25, 0.3) is 0 Å². The second-order valence-electron chi connectivity index (χ2n) is 7.82. The third kappa shape index (κ3) is 4.73. The maximum atomic E-state index is 12.7. The van der Waals surface area contributed by atoms with Gasteiger partial charge in [0, 0.05) is 31.6 Å². The van der Waals surface area contributed by atoms with E-state index in [4.69, 9.17) is 4.74 Å². The minimum atomic E-state index is -0.115. The molecule has 6 nitrogen and oxygen atoms in total. The van der Waals surface area contributed by atoms with Crippen LogP contribution in [0.5, 0.6) is 5.75 Å². The summed E-state index contributed by atoms with van der Waals surface area (Å²) in [4.78, 5) is 26.0. The molecule has 2 heterocycles. The molecule has 0 saturated carbocycles. The van der Waals surface area contributed by atoms with Gasteiger partial charge in [0.05, 0.1) is 12.6 Å². The molecule has 2 saturated heterocycles. The fraction of sp³-hybridized carbons (Fsp3) is 0.619. The Bertz CT molecular complexity index is 656. The van der Waals surface area contributed by atoms with E-state index in [0.717, 1.165) is 56.6 Å². The topological polar surface area (TPSA) is 70.7 Å². The molecule has 0 bridgehead atoms. The lowest BCUT2D eigenvalue weighted by molar-refractivity contribution is -0.125. The number of likely N-dealkylation sites (tertiary alicyclic amines) is 1. The highest BCUT2D eigenvalue weighted by Gasteiger charge is 2.38. The molecule has 2 aliphatic rings. The van der Waals surface area contributed by atoms with Crippen molar-refractivity contribution in [2.24, 2.45) is 5.41 Å². The Hall–Kier alpha value is -2.24.